The Hall–Kier alpha value is -1.88. The summed E-state index contributed by atoms with van der Waals surface area (Å²) in [5.41, 5.74) is 2.62. The molecule has 0 radical (unpaired) electrons. The molecule has 1 aromatic carbocycles. The lowest BCUT2D eigenvalue weighted by atomic mass is 9.85. The van der Waals surface area contributed by atoms with Crippen molar-refractivity contribution in [1.82, 2.24) is 4.98 Å². The molecular formula is C18H23NO3S. The molecule has 5 heteroatoms. The van der Waals surface area contributed by atoms with Gasteiger partial charge in [0.1, 0.15) is 11.5 Å². The molecule has 0 aliphatic heterocycles. The smallest absolute Gasteiger partial charge is 0.178 e. The Morgan fingerprint density at radius 1 is 1.13 bits per heavy atom. The maximum atomic E-state index is 10.9. The zero-order valence-corrected chi connectivity index (χ0v) is 15.1. The Labute approximate surface area is 141 Å². The monoisotopic (exact) mass is 333 g/mol. The topological polar surface area (TPSA) is 48.4 Å². The van der Waals surface area contributed by atoms with Gasteiger partial charge in [0.05, 0.1) is 18.9 Å². The van der Waals surface area contributed by atoms with Crippen LogP contribution >= 0.6 is 11.3 Å². The number of benzene rings is 1. The van der Waals surface area contributed by atoms with E-state index in [0.717, 1.165) is 34.6 Å². The van der Waals surface area contributed by atoms with E-state index in [-0.39, 0.29) is 5.41 Å². The third kappa shape index (κ3) is 3.91. The lowest BCUT2D eigenvalue weighted by molar-refractivity contribution is 0.112. The first-order valence-corrected chi connectivity index (χ1v) is 8.63. The first kappa shape index (κ1) is 17.5. The number of hydrogen-bond acceptors (Lipinski definition) is 5. The van der Waals surface area contributed by atoms with Crippen LogP contribution in [0.25, 0.3) is 11.3 Å². The fourth-order valence-corrected chi connectivity index (χ4v) is 2.98. The Kier molecular flexibility index (Phi) is 5.42. The maximum Gasteiger partial charge on any atom is 0.178 e. The standard InChI is InChI=1S/C18H23NO3S/c1-6-21-15-9-13(18(3,4)5)16(22-7-2)8-12(15)14-11-23-17(10-20)19-14/h8-11H,6-7H2,1-5H3. The number of carbonyl (C=O) groups is 1. The highest BCUT2D eigenvalue weighted by Gasteiger charge is 2.23. The molecule has 1 heterocycles. The normalized spacial score (nSPS) is 11.3. The van der Waals surface area contributed by atoms with Gasteiger partial charge < -0.3 is 9.47 Å². The minimum Gasteiger partial charge on any atom is -0.494 e. The predicted molar refractivity (Wildman–Crippen MR) is 94.0 cm³/mol. The van der Waals surface area contributed by atoms with Crippen LogP contribution in [-0.4, -0.2) is 24.5 Å². The largest absolute Gasteiger partial charge is 0.494 e. The van der Waals surface area contributed by atoms with Crippen molar-refractivity contribution in [3.8, 4) is 22.8 Å². The van der Waals surface area contributed by atoms with Gasteiger partial charge >= 0.3 is 0 Å². The Morgan fingerprint density at radius 2 is 1.78 bits per heavy atom. The van der Waals surface area contributed by atoms with Crippen molar-refractivity contribution in [1.29, 1.82) is 0 Å². The van der Waals surface area contributed by atoms with E-state index in [1.54, 1.807) is 0 Å². The molecule has 0 aliphatic rings. The van der Waals surface area contributed by atoms with E-state index in [2.05, 4.69) is 25.8 Å². The van der Waals surface area contributed by atoms with Crippen LogP contribution in [-0.2, 0) is 5.41 Å². The highest BCUT2D eigenvalue weighted by Crippen LogP contribution is 2.41. The van der Waals surface area contributed by atoms with E-state index in [4.69, 9.17) is 9.47 Å². The second-order valence-electron chi connectivity index (χ2n) is 6.15. The molecule has 0 bridgehead atoms. The van der Waals surface area contributed by atoms with Gasteiger partial charge in [0.2, 0.25) is 0 Å². The van der Waals surface area contributed by atoms with Crippen LogP contribution in [0.15, 0.2) is 17.5 Å². The van der Waals surface area contributed by atoms with Crippen molar-refractivity contribution >= 4 is 17.6 Å². The summed E-state index contributed by atoms with van der Waals surface area (Å²) >= 11 is 1.32. The Balaban J connectivity index is 2.64. The molecule has 0 N–H and O–H groups in total. The third-order valence-electron chi connectivity index (χ3n) is 3.39. The van der Waals surface area contributed by atoms with Crippen molar-refractivity contribution in [2.24, 2.45) is 0 Å². The summed E-state index contributed by atoms with van der Waals surface area (Å²) in [5.74, 6) is 1.60. The summed E-state index contributed by atoms with van der Waals surface area (Å²) < 4.78 is 11.7. The second kappa shape index (κ2) is 7.13. The molecule has 1 aromatic heterocycles. The van der Waals surface area contributed by atoms with Crippen molar-refractivity contribution < 1.29 is 14.3 Å². The third-order valence-corrected chi connectivity index (χ3v) is 4.16. The van der Waals surface area contributed by atoms with Crippen LogP contribution in [0, 0.1) is 0 Å². The molecule has 0 aliphatic carbocycles. The first-order chi connectivity index (χ1) is 10.9. The molecule has 124 valence electrons. The predicted octanol–water partition coefficient (Wildman–Crippen LogP) is 4.72. The van der Waals surface area contributed by atoms with Crippen molar-refractivity contribution in [2.75, 3.05) is 13.2 Å². The highest BCUT2D eigenvalue weighted by atomic mass is 32.1. The Morgan fingerprint density at radius 3 is 2.30 bits per heavy atom. The summed E-state index contributed by atoms with van der Waals surface area (Å²) in [6, 6.07) is 4.00. The number of aldehydes is 1. The fraction of sp³-hybridized carbons (Fsp3) is 0.444. The molecule has 2 rings (SSSR count). The van der Waals surface area contributed by atoms with Crippen LogP contribution in [0.2, 0.25) is 0 Å². The molecule has 23 heavy (non-hydrogen) atoms. The quantitative estimate of drug-likeness (QED) is 0.718. The number of rotatable bonds is 6. The molecule has 0 unspecified atom stereocenters. The van der Waals surface area contributed by atoms with E-state index in [1.807, 2.05) is 31.4 Å². The highest BCUT2D eigenvalue weighted by molar-refractivity contribution is 7.11. The minimum atomic E-state index is -0.0646. The molecule has 4 nitrogen and oxygen atoms in total. The van der Waals surface area contributed by atoms with Gasteiger partial charge in [0.15, 0.2) is 11.3 Å². The Bertz CT molecular complexity index is 686. The number of nitrogens with zero attached hydrogens (tertiary/aromatic N) is 1. The van der Waals surface area contributed by atoms with Gasteiger partial charge in [-0.15, -0.1) is 11.3 Å². The zero-order chi connectivity index (χ0) is 17.0. The molecule has 0 saturated heterocycles. The summed E-state index contributed by atoms with van der Waals surface area (Å²) in [4.78, 5) is 15.3. The molecule has 0 saturated carbocycles. The summed E-state index contributed by atoms with van der Waals surface area (Å²) in [6.07, 6.45) is 0.765. The van der Waals surface area contributed by atoms with E-state index in [9.17, 15) is 4.79 Å². The van der Waals surface area contributed by atoms with Crippen molar-refractivity contribution in [2.45, 2.75) is 40.0 Å². The molecule has 2 aromatic rings. The van der Waals surface area contributed by atoms with Gasteiger partial charge in [-0.3, -0.25) is 4.79 Å². The van der Waals surface area contributed by atoms with Crippen LogP contribution in [0.1, 0.15) is 50.0 Å². The van der Waals surface area contributed by atoms with Crippen LogP contribution < -0.4 is 9.47 Å². The molecule has 0 atom stereocenters. The SMILES string of the molecule is CCOc1cc(C(C)(C)C)c(OCC)cc1-c1csc(C=O)n1. The van der Waals surface area contributed by atoms with Gasteiger partial charge in [0.25, 0.3) is 0 Å². The van der Waals surface area contributed by atoms with E-state index < -0.39 is 0 Å². The van der Waals surface area contributed by atoms with E-state index in [0.29, 0.717) is 18.2 Å². The van der Waals surface area contributed by atoms with Gasteiger partial charge in [-0.25, -0.2) is 4.98 Å². The number of aromatic nitrogens is 1. The van der Waals surface area contributed by atoms with Gasteiger partial charge in [-0.2, -0.15) is 0 Å². The van der Waals surface area contributed by atoms with Crippen LogP contribution in [0.3, 0.4) is 0 Å². The number of carbonyl (C=O) groups excluding carboxylic acids is 1. The average Bonchev–Trinajstić information content (AvgIpc) is 2.96. The lowest BCUT2D eigenvalue weighted by Crippen LogP contribution is -2.14. The van der Waals surface area contributed by atoms with Crippen molar-refractivity contribution in [3.05, 3.63) is 28.1 Å². The average molecular weight is 333 g/mol. The second-order valence-corrected chi connectivity index (χ2v) is 7.04. The molecular weight excluding hydrogens is 310 g/mol. The van der Waals surface area contributed by atoms with Crippen molar-refractivity contribution in [3.63, 3.8) is 0 Å². The lowest BCUT2D eigenvalue weighted by Gasteiger charge is -2.24. The van der Waals surface area contributed by atoms with Gasteiger partial charge in [-0.05, 0) is 31.4 Å². The van der Waals surface area contributed by atoms with E-state index >= 15 is 0 Å². The molecule has 0 amide bonds. The van der Waals surface area contributed by atoms with Crippen LogP contribution in [0.4, 0.5) is 0 Å². The first-order valence-electron chi connectivity index (χ1n) is 7.75. The van der Waals surface area contributed by atoms with E-state index in [1.165, 1.54) is 11.3 Å². The van der Waals surface area contributed by atoms with Gasteiger partial charge in [-0.1, -0.05) is 20.8 Å². The molecule has 0 spiro atoms. The summed E-state index contributed by atoms with van der Waals surface area (Å²) in [5, 5.41) is 2.33. The van der Waals surface area contributed by atoms with Gasteiger partial charge in [0, 0.05) is 16.5 Å². The summed E-state index contributed by atoms with van der Waals surface area (Å²) in [7, 11) is 0. The number of thiazole rings is 1. The maximum absolute atomic E-state index is 10.9. The summed E-state index contributed by atoms with van der Waals surface area (Å²) in [6.45, 7) is 11.5. The number of hydrogen-bond donors (Lipinski definition) is 0. The van der Waals surface area contributed by atoms with Crippen LogP contribution in [0.5, 0.6) is 11.5 Å². The minimum absolute atomic E-state index is 0.0646. The molecule has 0 fully saturated rings. The number of ether oxygens (including phenoxy) is 2. The fourth-order valence-electron chi connectivity index (χ4n) is 2.36. The zero-order valence-electron chi connectivity index (χ0n) is 14.3.